The van der Waals surface area contributed by atoms with E-state index in [1.165, 1.54) is 6.33 Å². The molecule has 2 aromatic carbocycles. The summed E-state index contributed by atoms with van der Waals surface area (Å²) in [5.74, 6) is 2.60. The van der Waals surface area contributed by atoms with Gasteiger partial charge in [-0.25, -0.2) is 9.97 Å². The van der Waals surface area contributed by atoms with Crippen LogP contribution in [0.4, 0.5) is 23.0 Å². The molecule has 0 atom stereocenters. The van der Waals surface area contributed by atoms with E-state index in [0.717, 1.165) is 11.4 Å². The smallest absolute Gasteiger partial charge is 0.142 e. The third-order valence-corrected chi connectivity index (χ3v) is 3.62. The zero-order valence-corrected chi connectivity index (χ0v) is 14.4. The summed E-state index contributed by atoms with van der Waals surface area (Å²) in [6.45, 7) is 0. The molecule has 1 heterocycles. The lowest BCUT2D eigenvalue weighted by Gasteiger charge is -2.13. The highest BCUT2D eigenvalue weighted by Crippen LogP contribution is 2.31. The minimum atomic E-state index is 0.600. The van der Waals surface area contributed by atoms with E-state index >= 15 is 0 Å². The maximum absolute atomic E-state index is 8.86. The minimum Gasteiger partial charge on any atom is -0.497 e. The fourth-order valence-electron chi connectivity index (χ4n) is 2.32. The fraction of sp³-hybridized carbons (Fsp3) is 0.105. The predicted octanol–water partition coefficient (Wildman–Crippen LogP) is 3.85. The van der Waals surface area contributed by atoms with Gasteiger partial charge in [-0.2, -0.15) is 5.26 Å². The largest absolute Gasteiger partial charge is 0.497 e. The Hall–Kier alpha value is -3.79. The third kappa shape index (κ3) is 3.99. The average Bonchev–Trinajstić information content (AvgIpc) is 2.69. The number of anilines is 4. The van der Waals surface area contributed by atoms with Crippen molar-refractivity contribution in [2.45, 2.75) is 0 Å². The number of nitrogens with zero attached hydrogens (tertiary/aromatic N) is 3. The first-order chi connectivity index (χ1) is 12.7. The topological polar surface area (TPSA) is 92.1 Å². The van der Waals surface area contributed by atoms with Gasteiger partial charge >= 0.3 is 0 Å². The van der Waals surface area contributed by atoms with Gasteiger partial charge < -0.3 is 20.1 Å². The summed E-state index contributed by atoms with van der Waals surface area (Å²) >= 11 is 0. The third-order valence-electron chi connectivity index (χ3n) is 3.62. The Labute approximate surface area is 151 Å². The Balaban J connectivity index is 1.80. The molecule has 3 aromatic rings. The Morgan fingerprint density at radius 1 is 0.885 bits per heavy atom. The molecule has 0 fully saturated rings. The van der Waals surface area contributed by atoms with E-state index in [4.69, 9.17) is 14.7 Å². The zero-order valence-electron chi connectivity index (χ0n) is 14.4. The summed E-state index contributed by atoms with van der Waals surface area (Å²) in [5.41, 5.74) is 2.16. The molecule has 0 unspecified atom stereocenters. The van der Waals surface area contributed by atoms with E-state index < -0.39 is 0 Å². The molecule has 0 aliphatic carbocycles. The van der Waals surface area contributed by atoms with Crippen LogP contribution in [0.15, 0.2) is 54.9 Å². The molecule has 0 spiro atoms. The van der Waals surface area contributed by atoms with Crippen LogP contribution in [0.1, 0.15) is 5.56 Å². The molecule has 1 aromatic heterocycles. The number of hydrogen-bond acceptors (Lipinski definition) is 7. The number of benzene rings is 2. The molecular weight excluding hydrogens is 330 g/mol. The van der Waals surface area contributed by atoms with Crippen LogP contribution >= 0.6 is 0 Å². The van der Waals surface area contributed by atoms with E-state index in [1.807, 2.05) is 30.3 Å². The van der Waals surface area contributed by atoms with Crippen LogP contribution in [0.2, 0.25) is 0 Å². The maximum Gasteiger partial charge on any atom is 0.142 e. The van der Waals surface area contributed by atoms with E-state index in [9.17, 15) is 0 Å². The van der Waals surface area contributed by atoms with E-state index in [2.05, 4.69) is 26.7 Å². The number of ether oxygens (including phenoxy) is 2. The van der Waals surface area contributed by atoms with Crippen molar-refractivity contribution in [3.8, 4) is 17.6 Å². The highest BCUT2D eigenvalue weighted by atomic mass is 16.5. The lowest BCUT2D eigenvalue weighted by atomic mass is 10.2. The Kier molecular flexibility index (Phi) is 5.15. The van der Waals surface area contributed by atoms with Crippen LogP contribution in [0.25, 0.3) is 0 Å². The molecule has 0 aliphatic rings. The van der Waals surface area contributed by atoms with Crippen LogP contribution in [-0.4, -0.2) is 24.2 Å². The summed E-state index contributed by atoms with van der Waals surface area (Å²) in [7, 11) is 3.21. The second-order valence-electron chi connectivity index (χ2n) is 5.29. The summed E-state index contributed by atoms with van der Waals surface area (Å²) < 4.78 is 10.6. The molecule has 130 valence electrons. The molecule has 0 bridgehead atoms. The number of hydrogen-bond donors (Lipinski definition) is 2. The molecule has 0 saturated heterocycles. The first-order valence-corrected chi connectivity index (χ1v) is 7.80. The first-order valence-electron chi connectivity index (χ1n) is 7.80. The van der Waals surface area contributed by atoms with Gasteiger partial charge in [0.05, 0.1) is 31.5 Å². The van der Waals surface area contributed by atoms with Gasteiger partial charge in [0.15, 0.2) is 0 Å². The van der Waals surface area contributed by atoms with Gasteiger partial charge in [0.25, 0.3) is 0 Å². The monoisotopic (exact) mass is 347 g/mol. The number of rotatable bonds is 6. The van der Waals surface area contributed by atoms with Crippen LogP contribution in [-0.2, 0) is 0 Å². The average molecular weight is 347 g/mol. The number of aromatic nitrogens is 2. The highest BCUT2D eigenvalue weighted by Gasteiger charge is 2.07. The number of nitrogens with one attached hydrogen (secondary N) is 2. The molecule has 0 radical (unpaired) electrons. The Morgan fingerprint density at radius 3 is 2.27 bits per heavy atom. The predicted molar refractivity (Wildman–Crippen MR) is 99.3 cm³/mol. The zero-order chi connectivity index (χ0) is 18.4. The molecule has 7 nitrogen and oxygen atoms in total. The number of methoxy groups -OCH3 is 2. The highest BCUT2D eigenvalue weighted by molar-refractivity contribution is 5.68. The minimum absolute atomic E-state index is 0.600. The molecule has 3 rings (SSSR count). The molecule has 2 N–H and O–H groups in total. The van der Waals surface area contributed by atoms with Gasteiger partial charge in [0.1, 0.15) is 29.5 Å². The van der Waals surface area contributed by atoms with Gasteiger partial charge in [-0.15, -0.1) is 0 Å². The molecule has 26 heavy (non-hydrogen) atoms. The Morgan fingerprint density at radius 2 is 1.62 bits per heavy atom. The molecule has 0 saturated carbocycles. The van der Waals surface area contributed by atoms with Crippen LogP contribution < -0.4 is 20.1 Å². The Bertz CT molecular complexity index is 935. The summed E-state index contributed by atoms with van der Waals surface area (Å²) in [5, 5.41) is 15.2. The quantitative estimate of drug-likeness (QED) is 0.699. The standard InChI is InChI=1S/C19H17N5O2/c1-25-15-7-8-17(26-2)16(9-15)24-19-10-18(21-12-22-19)23-14-5-3-13(11-20)4-6-14/h3-10,12H,1-2H3,(H2,21,22,23,24). The van der Waals surface area contributed by atoms with Gasteiger partial charge in [0.2, 0.25) is 0 Å². The fourth-order valence-corrected chi connectivity index (χ4v) is 2.32. The van der Waals surface area contributed by atoms with Crippen molar-refractivity contribution in [2.75, 3.05) is 24.9 Å². The van der Waals surface area contributed by atoms with Gasteiger partial charge in [-0.1, -0.05) is 0 Å². The second kappa shape index (κ2) is 7.85. The number of nitriles is 1. The summed E-state index contributed by atoms with van der Waals surface area (Å²) in [6.07, 6.45) is 1.46. The van der Waals surface area contributed by atoms with Crippen LogP contribution in [0.5, 0.6) is 11.5 Å². The van der Waals surface area contributed by atoms with Crippen molar-refractivity contribution in [1.29, 1.82) is 5.26 Å². The van der Waals surface area contributed by atoms with Crippen molar-refractivity contribution >= 4 is 23.0 Å². The van der Waals surface area contributed by atoms with Crippen molar-refractivity contribution in [3.63, 3.8) is 0 Å². The second-order valence-corrected chi connectivity index (χ2v) is 5.29. The van der Waals surface area contributed by atoms with Crippen LogP contribution in [0, 0.1) is 11.3 Å². The van der Waals surface area contributed by atoms with Crippen molar-refractivity contribution in [1.82, 2.24) is 9.97 Å². The normalized spacial score (nSPS) is 9.88. The van der Waals surface area contributed by atoms with Crippen molar-refractivity contribution in [2.24, 2.45) is 0 Å². The molecule has 7 heteroatoms. The van der Waals surface area contributed by atoms with E-state index in [1.54, 1.807) is 32.4 Å². The summed E-state index contributed by atoms with van der Waals surface area (Å²) in [6, 6.07) is 16.4. The van der Waals surface area contributed by atoms with Gasteiger partial charge in [-0.05, 0) is 36.4 Å². The van der Waals surface area contributed by atoms with E-state index in [-0.39, 0.29) is 0 Å². The van der Waals surface area contributed by atoms with Gasteiger partial charge in [0, 0.05) is 17.8 Å². The molecule has 0 aliphatic heterocycles. The summed E-state index contributed by atoms with van der Waals surface area (Å²) in [4.78, 5) is 8.44. The van der Waals surface area contributed by atoms with Crippen molar-refractivity contribution < 1.29 is 9.47 Å². The lowest BCUT2D eigenvalue weighted by Crippen LogP contribution is -2.00. The molecular formula is C19H17N5O2. The van der Waals surface area contributed by atoms with E-state index in [0.29, 0.717) is 28.7 Å². The van der Waals surface area contributed by atoms with Gasteiger partial charge in [-0.3, -0.25) is 0 Å². The van der Waals surface area contributed by atoms with Crippen LogP contribution in [0.3, 0.4) is 0 Å². The molecule has 0 amide bonds. The lowest BCUT2D eigenvalue weighted by molar-refractivity contribution is 0.405. The maximum atomic E-state index is 8.86. The first kappa shape index (κ1) is 17.0. The van der Waals surface area contributed by atoms with Crippen molar-refractivity contribution in [3.05, 3.63) is 60.4 Å². The SMILES string of the molecule is COc1ccc(OC)c(Nc2cc(Nc3ccc(C#N)cc3)ncn2)c1.